The Morgan fingerprint density at radius 3 is 2.11 bits per heavy atom. The minimum atomic E-state index is -0.619. The van der Waals surface area contributed by atoms with Crippen LogP contribution in [0.15, 0.2) is 48.5 Å². The van der Waals surface area contributed by atoms with Crippen LogP contribution >= 0.6 is 0 Å². The number of nitrogens with two attached hydrogens (primary N) is 1. The Morgan fingerprint density at radius 2 is 1.50 bits per heavy atom. The van der Waals surface area contributed by atoms with E-state index in [-0.39, 0.29) is 5.56 Å². The summed E-state index contributed by atoms with van der Waals surface area (Å²) in [5.41, 5.74) is 6.96. The van der Waals surface area contributed by atoms with Gasteiger partial charge in [0, 0.05) is 11.6 Å². The number of rotatable bonds is 4. The van der Waals surface area contributed by atoms with Gasteiger partial charge >= 0.3 is 0 Å². The van der Waals surface area contributed by atoms with Crippen LogP contribution in [0.1, 0.15) is 23.6 Å². The van der Waals surface area contributed by atoms with E-state index >= 15 is 0 Å². The van der Waals surface area contributed by atoms with Crippen LogP contribution in [0.25, 0.3) is 0 Å². The molecule has 2 rings (SSSR count). The Labute approximate surface area is 105 Å². The molecule has 0 bridgehead atoms. The SMILES string of the molecule is NC(CCc1ccccc1)c1c(F)cccc1F. The maximum absolute atomic E-state index is 13.5. The number of benzene rings is 2. The lowest BCUT2D eigenvalue weighted by Gasteiger charge is -2.13. The summed E-state index contributed by atoms with van der Waals surface area (Å²) in [6.45, 7) is 0. The van der Waals surface area contributed by atoms with Crippen molar-refractivity contribution in [3.63, 3.8) is 0 Å². The zero-order valence-corrected chi connectivity index (χ0v) is 9.94. The molecule has 0 aromatic heterocycles. The van der Waals surface area contributed by atoms with Crippen LogP contribution in [0.4, 0.5) is 8.78 Å². The average molecular weight is 247 g/mol. The summed E-state index contributed by atoms with van der Waals surface area (Å²) in [5, 5.41) is 0. The minimum Gasteiger partial charge on any atom is -0.324 e. The van der Waals surface area contributed by atoms with Crippen molar-refractivity contribution in [2.45, 2.75) is 18.9 Å². The first kappa shape index (κ1) is 12.7. The van der Waals surface area contributed by atoms with Crippen LogP contribution < -0.4 is 5.73 Å². The Morgan fingerprint density at radius 1 is 0.889 bits per heavy atom. The molecule has 18 heavy (non-hydrogen) atoms. The second-order valence-electron chi connectivity index (χ2n) is 4.27. The van der Waals surface area contributed by atoms with Gasteiger partial charge < -0.3 is 5.73 Å². The molecule has 0 amide bonds. The van der Waals surface area contributed by atoms with Gasteiger partial charge in [-0.1, -0.05) is 36.4 Å². The molecule has 0 aliphatic heterocycles. The van der Waals surface area contributed by atoms with Gasteiger partial charge in [-0.3, -0.25) is 0 Å². The van der Waals surface area contributed by atoms with E-state index in [4.69, 9.17) is 5.73 Å². The number of hydrogen-bond acceptors (Lipinski definition) is 1. The summed E-state index contributed by atoms with van der Waals surface area (Å²) in [6, 6.07) is 13.0. The van der Waals surface area contributed by atoms with Crippen molar-refractivity contribution in [1.29, 1.82) is 0 Å². The normalized spacial score (nSPS) is 12.4. The van der Waals surface area contributed by atoms with E-state index in [0.29, 0.717) is 12.8 Å². The summed E-state index contributed by atoms with van der Waals surface area (Å²) >= 11 is 0. The zero-order chi connectivity index (χ0) is 13.0. The molecule has 2 N–H and O–H groups in total. The van der Waals surface area contributed by atoms with E-state index in [1.54, 1.807) is 0 Å². The molecule has 1 atom stereocenters. The van der Waals surface area contributed by atoms with E-state index in [0.717, 1.165) is 5.56 Å². The van der Waals surface area contributed by atoms with Crippen molar-refractivity contribution in [2.75, 3.05) is 0 Å². The molecule has 1 unspecified atom stereocenters. The van der Waals surface area contributed by atoms with E-state index < -0.39 is 17.7 Å². The molecular formula is C15H15F2N. The summed E-state index contributed by atoms with van der Waals surface area (Å²) in [5.74, 6) is -1.15. The summed E-state index contributed by atoms with van der Waals surface area (Å²) in [6.07, 6.45) is 1.22. The molecule has 0 saturated carbocycles. The van der Waals surface area contributed by atoms with E-state index in [1.165, 1.54) is 18.2 Å². The van der Waals surface area contributed by atoms with Crippen molar-refractivity contribution in [3.05, 3.63) is 71.3 Å². The molecule has 1 nitrogen and oxygen atoms in total. The Balaban J connectivity index is 2.06. The molecule has 0 radical (unpaired) electrons. The lowest BCUT2D eigenvalue weighted by molar-refractivity contribution is 0.512. The van der Waals surface area contributed by atoms with Gasteiger partial charge in [-0.15, -0.1) is 0 Å². The van der Waals surface area contributed by atoms with Gasteiger partial charge in [-0.2, -0.15) is 0 Å². The molecule has 0 heterocycles. The standard InChI is InChI=1S/C15H15F2N/c16-12-7-4-8-13(17)15(12)14(18)10-9-11-5-2-1-3-6-11/h1-8,14H,9-10,18H2. The number of hydrogen-bond donors (Lipinski definition) is 1. The van der Waals surface area contributed by atoms with Crippen molar-refractivity contribution in [1.82, 2.24) is 0 Å². The van der Waals surface area contributed by atoms with Crippen molar-refractivity contribution in [3.8, 4) is 0 Å². The molecular weight excluding hydrogens is 232 g/mol. The van der Waals surface area contributed by atoms with Gasteiger partial charge in [0.25, 0.3) is 0 Å². The second-order valence-corrected chi connectivity index (χ2v) is 4.27. The lowest BCUT2D eigenvalue weighted by atomic mass is 9.99. The van der Waals surface area contributed by atoms with Crippen molar-refractivity contribution < 1.29 is 8.78 Å². The molecule has 0 saturated heterocycles. The van der Waals surface area contributed by atoms with Gasteiger partial charge in [-0.25, -0.2) is 8.78 Å². The van der Waals surface area contributed by atoms with Crippen LogP contribution in [-0.4, -0.2) is 0 Å². The highest BCUT2D eigenvalue weighted by Gasteiger charge is 2.16. The smallest absolute Gasteiger partial charge is 0.130 e. The fourth-order valence-electron chi connectivity index (χ4n) is 1.98. The lowest BCUT2D eigenvalue weighted by Crippen LogP contribution is -2.15. The van der Waals surface area contributed by atoms with Crippen molar-refractivity contribution in [2.24, 2.45) is 5.73 Å². The number of aryl methyl sites for hydroxylation is 1. The highest BCUT2D eigenvalue weighted by atomic mass is 19.1. The molecule has 0 spiro atoms. The number of halogens is 2. The summed E-state index contributed by atoms with van der Waals surface area (Å²) < 4.78 is 27.0. The second kappa shape index (κ2) is 5.74. The summed E-state index contributed by atoms with van der Waals surface area (Å²) in [4.78, 5) is 0. The fourth-order valence-corrected chi connectivity index (χ4v) is 1.98. The third kappa shape index (κ3) is 2.93. The van der Waals surface area contributed by atoms with Crippen LogP contribution in [0.5, 0.6) is 0 Å². The monoisotopic (exact) mass is 247 g/mol. The van der Waals surface area contributed by atoms with Gasteiger partial charge in [0.15, 0.2) is 0 Å². The first-order valence-corrected chi connectivity index (χ1v) is 5.92. The first-order valence-electron chi connectivity index (χ1n) is 5.92. The first-order chi connectivity index (χ1) is 8.68. The fraction of sp³-hybridized carbons (Fsp3) is 0.200. The quantitative estimate of drug-likeness (QED) is 0.877. The maximum atomic E-state index is 13.5. The van der Waals surface area contributed by atoms with E-state index in [2.05, 4.69) is 0 Å². The molecule has 3 heteroatoms. The molecule has 2 aromatic carbocycles. The Hall–Kier alpha value is -1.74. The van der Waals surface area contributed by atoms with Crippen LogP contribution in [0, 0.1) is 11.6 Å². The van der Waals surface area contributed by atoms with Crippen molar-refractivity contribution >= 4 is 0 Å². The zero-order valence-electron chi connectivity index (χ0n) is 9.94. The van der Waals surface area contributed by atoms with Gasteiger partial charge in [0.1, 0.15) is 11.6 Å². The minimum absolute atomic E-state index is 0.0200. The van der Waals surface area contributed by atoms with E-state index in [1.807, 2.05) is 30.3 Å². The largest absolute Gasteiger partial charge is 0.324 e. The maximum Gasteiger partial charge on any atom is 0.130 e. The third-order valence-corrected chi connectivity index (χ3v) is 2.96. The van der Waals surface area contributed by atoms with Gasteiger partial charge in [0.2, 0.25) is 0 Å². The van der Waals surface area contributed by atoms with Gasteiger partial charge in [0.05, 0.1) is 0 Å². The highest BCUT2D eigenvalue weighted by Crippen LogP contribution is 2.22. The van der Waals surface area contributed by atoms with E-state index in [9.17, 15) is 8.78 Å². The third-order valence-electron chi connectivity index (χ3n) is 2.96. The molecule has 0 aliphatic carbocycles. The Bertz CT molecular complexity index is 491. The molecule has 0 aliphatic rings. The van der Waals surface area contributed by atoms with Crippen LogP contribution in [-0.2, 0) is 6.42 Å². The van der Waals surface area contributed by atoms with Crippen LogP contribution in [0.3, 0.4) is 0 Å². The van der Waals surface area contributed by atoms with Gasteiger partial charge in [-0.05, 0) is 30.5 Å². The van der Waals surface area contributed by atoms with Crippen LogP contribution in [0.2, 0.25) is 0 Å². The predicted molar refractivity (Wildman–Crippen MR) is 68.0 cm³/mol. The molecule has 0 fully saturated rings. The summed E-state index contributed by atoms with van der Waals surface area (Å²) in [7, 11) is 0. The topological polar surface area (TPSA) is 26.0 Å². The average Bonchev–Trinajstić information content (AvgIpc) is 2.37. The highest BCUT2D eigenvalue weighted by molar-refractivity contribution is 5.23. The predicted octanol–water partition coefficient (Wildman–Crippen LogP) is 3.60. The molecule has 94 valence electrons. The Kier molecular flexibility index (Phi) is 4.05. The molecule has 2 aromatic rings.